The van der Waals surface area contributed by atoms with Crippen LogP contribution in [-0.4, -0.2) is 9.78 Å². The molecule has 1 aromatic carbocycles. The van der Waals surface area contributed by atoms with Crippen molar-refractivity contribution in [3.05, 3.63) is 50.7 Å². The summed E-state index contributed by atoms with van der Waals surface area (Å²) in [6, 6.07) is 8.24. The largest absolute Gasteiger partial charge is 0.307 e. The van der Waals surface area contributed by atoms with Gasteiger partial charge in [-0.1, -0.05) is 39.7 Å². The molecule has 0 saturated heterocycles. The Morgan fingerprint density at radius 1 is 1.39 bits per heavy atom. The molecule has 0 aliphatic rings. The second-order valence-electron chi connectivity index (χ2n) is 4.20. The van der Waals surface area contributed by atoms with Crippen molar-refractivity contribution < 1.29 is 0 Å². The number of benzene rings is 1. The normalized spacial score (nSPS) is 10.9. The first kappa shape index (κ1) is 13.6. The molecule has 3 nitrogen and oxygen atoms in total. The standard InChI is InChI=1S/C13H15BrClN3/c1-9-13(15)12(18(2)17-9)8-16-7-10-4-3-5-11(14)6-10/h3-6,16H,7-8H2,1-2H3. The number of hydrogen-bond donors (Lipinski definition) is 1. The van der Waals surface area contributed by atoms with Crippen LogP contribution in [0.4, 0.5) is 0 Å². The predicted octanol–water partition coefficient (Wildman–Crippen LogP) is 3.43. The summed E-state index contributed by atoms with van der Waals surface area (Å²) in [4.78, 5) is 0. The molecule has 2 aromatic rings. The van der Waals surface area contributed by atoms with Gasteiger partial charge in [0.15, 0.2) is 0 Å². The van der Waals surface area contributed by atoms with E-state index in [-0.39, 0.29) is 0 Å². The summed E-state index contributed by atoms with van der Waals surface area (Å²) < 4.78 is 2.92. The predicted molar refractivity (Wildman–Crippen MR) is 77.6 cm³/mol. The highest BCUT2D eigenvalue weighted by Crippen LogP contribution is 2.19. The van der Waals surface area contributed by atoms with E-state index in [0.717, 1.165) is 27.4 Å². The minimum Gasteiger partial charge on any atom is -0.307 e. The molecule has 0 bridgehead atoms. The number of aromatic nitrogens is 2. The van der Waals surface area contributed by atoms with Crippen LogP contribution in [0.2, 0.25) is 5.02 Å². The lowest BCUT2D eigenvalue weighted by Crippen LogP contribution is -2.15. The van der Waals surface area contributed by atoms with E-state index < -0.39 is 0 Å². The second kappa shape index (κ2) is 5.87. The van der Waals surface area contributed by atoms with E-state index >= 15 is 0 Å². The monoisotopic (exact) mass is 327 g/mol. The van der Waals surface area contributed by atoms with Gasteiger partial charge in [-0.05, 0) is 24.6 Å². The van der Waals surface area contributed by atoms with Crippen molar-refractivity contribution in [3.8, 4) is 0 Å². The zero-order valence-corrected chi connectivity index (χ0v) is 12.7. The van der Waals surface area contributed by atoms with Gasteiger partial charge in [0.2, 0.25) is 0 Å². The maximum Gasteiger partial charge on any atom is 0.0860 e. The first-order valence-corrected chi connectivity index (χ1v) is 6.88. The van der Waals surface area contributed by atoms with Crippen LogP contribution in [0.3, 0.4) is 0 Å². The first-order valence-electron chi connectivity index (χ1n) is 5.71. The minimum atomic E-state index is 0.711. The van der Waals surface area contributed by atoms with E-state index in [1.165, 1.54) is 5.56 Å². The third-order valence-electron chi connectivity index (χ3n) is 2.77. The highest BCUT2D eigenvalue weighted by Gasteiger charge is 2.09. The number of nitrogens with one attached hydrogen (secondary N) is 1. The van der Waals surface area contributed by atoms with Crippen LogP contribution < -0.4 is 5.32 Å². The quantitative estimate of drug-likeness (QED) is 0.932. The van der Waals surface area contributed by atoms with Crippen LogP contribution in [0.1, 0.15) is 17.0 Å². The molecule has 1 heterocycles. The Balaban J connectivity index is 1.96. The zero-order chi connectivity index (χ0) is 13.1. The summed E-state index contributed by atoms with van der Waals surface area (Å²) in [6.45, 7) is 3.43. The third kappa shape index (κ3) is 3.13. The van der Waals surface area contributed by atoms with Crippen LogP contribution in [0.25, 0.3) is 0 Å². The van der Waals surface area contributed by atoms with Crippen LogP contribution >= 0.6 is 27.5 Å². The molecule has 0 aliphatic heterocycles. The molecule has 0 radical (unpaired) electrons. The topological polar surface area (TPSA) is 29.9 Å². The fraction of sp³-hybridized carbons (Fsp3) is 0.308. The Hall–Kier alpha value is -0.840. The molecule has 0 fully saturated rings. The van der Waals surface area contributed by atoms with Gasteiger partial charge in [-0.2, -0.15) is 5.10 Å². The summed E-state index contributed by atoms with van der Waals surface area (Å²) in [6.07, 6.45) is 0. The number of aryl methyl sites for hydroxylation is 2. The second-order valence-corrected chi connectivity index (χ2v) is 5.50. The average Bonchev–Trinajstić information content (AvgIpc) is 2.56. The molecule has 5 heteroatoms. The van der Waals surface area contributed by atoms with Crippen LogP contribution in [0.5, 0.6) is 0 Å². The highest BCUT2D eigenvalue weighted by atomic mass is 79.9. The lowest BCUT2D eigenvalue weighted by molar-refractivity contribution is 0.624. The summed E-state index contributed by atoms with van der Waals surface area (Å²) in [7, 11) is 1.91. The first-order chi connectivity index (χ1) is 8.58. The third-order valence-corrected chi connectivity index (χ3v) is 3.76. The van der Waals surface area contributed by atoms with Crippen molar-refractivity contribution in [2.45, 2.75) is 20.0 Å². The molecular weight excluding hydrogens is 314 g/mol. The number of halogens is 2. The van der Waals surface area contributed by atoms with E-state index in [1.54, 1.807) is 0 Å². The van der Waals surface area contributed by atoms with Crippen molar-refractivity contribution in [2.24, 2.45) is 7.05 Å². The molecule has 1 N–H and O–H groups in total. The Morgan fingerprint density at radius 3 is 2.78 bits per heavy atom. The van der Waals surface area contributed by atoms with Gasteiger partial charge in [-0.25, -0.2) is 0 Å². The number of rotatable bonds is 4. The van der Waals surface area contributed by atoms with Crippen molar-refractivity contribution in [1.29, 1.82) is 0 Å². The zero-order valence-electron chi connectivity index (χ0n) is 10.4. The summed E-state index contributed by atoms with van der Waals surface area (Å²) >= 11 is 9.65. The van der Waals surface area contributed by atoms with Crippen molar-refractivity contribution in [3.63, 3.8) is 0 Å². The smallest absolute Gasteiger partial charge is 0.0860 e. The molecule has 1 aromatic heterocycles. The lowest BCUT2D eigenvalue weighted by atomic mass is 10.2. The van der Waals surface area contributed by atoms with E-state index in [1.807, 2.05) is 30.8 Å². The Morgan fingerprint density at radius 2 is 2.17 bits per heavy atom. The summed E-state index contributed by atoms with van der Waals surface area (Å²) in [5.41, 5.74) is 3.13. The van der Waals surface area contributed by atoms with E-state index in [9.17, 15) is 0 Å². The fourth-order valence-electron chi connectivity index (χ4n) is 1.84. The SMILES string of the molecule is Cc1nn(C)c(CNCc2cccc(Br)c2)c1Cl. The Bertz CT molecular complexity index is 551. The molecule has 0 aliphatic carbocycles. The number of nitrogens with zero attached hydrogens (tertiary/aromatic N) is 2. The maximum absolute atomic E-state index is 6.19. The van der Waals surface area contributed by atoms with Gasteiger partial charge in [-0.3, -0.25) is 4.68 Å². The van der Waals surface area contributed by atoms with Crippen LogP contribution in [-0.2, 0) is 20.1 Å². The van der Waals surface area contributed by atoms with E-state index in [4.69, 9.17) is 11.6 Å². The Kier molecular flexibility index (Phi) is 4.43. The molecular formula is C13H15BrClN3. The summed E-state index contributed by atoms with van der Waals surface area (Å²) in [5.74, 6) is 0. The van der Waals surface area contributed by atoms with E-state index in [0.29, 0.717) is 6.54 Å². The average molecular weight is 329 g/mol. The highest BCUT2D eigenvalue weighted by molar-refractivity contribution is 9.10. The molecule has 96 valence electrons. The molecule has 0 atom stereocenters. The van der Waals surface area contributed by atoms with Crippen LogP contribution in [0.15, 0.2) is 28.7 Å². The molecule has 0 saturated carbocycles. The minimum absolute atomic E-state index is 0.711. The fourth-order valence-corrected chi connectivity index (χ4v) is 2.52. The molecule has 0 spiro atoms. The van der Waals surface area contributed by atoms with Gasteiger partial charge in [0.1, 0.15) is 0 Å². The lowest BCUT2D eigenvalue weighted by Gasteiger charge is -2.06. The summed E-state index contributed by atoms with van der Waals surface area (Å²) in [5, 5.41) is 8.41. The molecule has 0 amide bonds. The molecule has 18 heavy (non-hydrogen) atoms. The maximum atomic E-state index is 6.19. The number of hydrogen-bond acceptors (Lipinski definition) is 2. The van der Waals surface area contributed by atoms with Gasteiger partial charge in [0.05, 0.1) is 16.4 Å². The van der Waals surface area contributed by atoms with Crippen LogP contribution in [0, 0.1) is 6.92 Å². The molecule has 0 unspecified atom stereocenters. The van der Waals surface area contributed by atoms with Gasteiger partial charge < -0.3 is 5.32 Å². The van der Waals surface area contributed by atoms with Gasteiger partial charge in [-0.15, -0.1) is 0 Å². The van der Waals surface area contributed by atoms with Gasteiger partial charge in [0.25, 0.3) is 0 Å². The van der Waals surface area contributed by atoms with Crippen molar-refractivity contribution in [2.75, 3.05) is 0 Å². The van der Waals surface area contributed by atoms with Gasteiger partial charge in [0, 0.05) is 24.6 Å². The van der Waals surface area contributed by atoms with Crippen molar-refractivity contribution >= 4 is 27.5 Å². The van der Waals surface area contributed by atoms with Crippen molar-refractivity contribution in [1.82, 2.24) is 15.1 Å². The molecule has 2 rings (SSSR count). The Labute approximate surface area is 120 Å². The van der Waals surface area contributed by atoms with Gasteiger partial charge >= 0.3 is 0 Å². The van der Waals surface area contributed by atoms with E-state index in [2.05, 4.69) is 38.5 Å².